The van der Waals surface area contributed by atoms with Crippen molar-refractivity contribution in [2.45, 2.75) is 55.1 Å². The molecule has 0 bridgehead atoms. The maximum Gasteiger partial charge on any atom is 0.398 e. The van der Waals surface area contributed by atoms with Crippen LogP contribution in [-0.2, 0) is 131 Å². The highest BCUT2D eigenvalue weighted by atomic mass is 32.3. The highest BCUT2D eigenvalue weighted by Crippen LogP contribution is 2.34. The van der Waals surface area contributed by atoms with Crippen molar-refractivity contribution in [1.82, 2.24) is 0 Å². The van der Waals surface area contributed by atoms with Gasteiger partial charge in [-0.05, 0) is 0 Å². The van der Waals surface area contributed by atoms with Gasteiger partial charge in [-0.15, -0.1) is 0 Å². The Kier molecular flexibility index (Phi) is 17.5. The number of primary amides is 1. The van der Waals surface area contributed by atoms with E-state index in [4.69, 9.17) is 28.9 Å². The van der Waals surface area contributed by atoms with Crippen LogP contribution in [0.4, 0.5) is 0 Å². The average Bonchev–Trinajstić information content (AvgIpc) is 2.89. The van der Waals surface area contributed by atoms with Crippen molar-refractivity contribution in [3.63, 3.8) is 0 Å². The molecule has 9 atom stereocenters. The van der Waals surface area contributed by atoms with Gasteiger partial charge in [0, 0.05) is 0 Å². The molecule has 10 N–H and O–H groups in total. The van der Waals surface area contributed by atoms with Crippen LogP contribution in [0.25, 0.3) is 0 Å². The maximum atomic E-state index is 12.3. The van der Waals surface area contributed by atoms with Gasteiger partial charge in [0.25, 0.3) is 5.91 Å². The first kappa shape index (κ1) is 52.4. The number of amides is 1. The van der Waals surface area contributed by atoms with Crippen LogP contribution in [0.3, 0.4) is 0 Å². The highest BCUT2D eigenvalue weighted by Gasteiger charge is 2.57. The van der Waals surface area contributed by atoms with Crippen molar-refractivity contribution in [2.24, 2.45) is 5.73 Å². The van der Waals surface area contributed by atoms with Crippen LogP contribution in [0, 0.1) is 0 Å². The number of carbonyl (C=O) groups excluding carboxylic acids is 1. The van der Waals surface area contributed by atoms with Gasteiger partial charge in [0.1, 0.15) is 36.6 Å². The fourth-order valence-electron chi connectivity index (χ4n) is 3.86. The largest absolute Gasteiger partial charge is 0.398 e. The topological polar surface area (TPSA) is 570 Å². The maximum absolute atomic E-state index is 12.3. The molecule has 1 aliphatic rings. The normalized spacial score (nSPS) is 24.5. The molecular formula is C12H23NO35S8. The molecule has 334 valence electrons. The van der Waals surface area contributed by atoms with Crippen LogP contribution in [-0.4, -0.2) is 178 Å². The van der Waals surface area contributed by atoms with E-state index in [1.807, 2.05) is 0 Å². The second kappa shape index (κ2) is 18.7. The summed E-state index contributed by atoms with van der Waals surface area (Å²) < 4.78 is 301. The van der Waals surface area contributed by atoms with Crippen LogP contribution in [0.1, 0.15) is 0 Å². The van der Waals surface area contributed by atoms with Crippen LogP contribution in [0.15, 0.2) is 0 Å². The third kappa shape index (κ3) is 21.4. The molecule has 1 rings (SSSR count). The Labute approximate surface area is 313 Å². The Bertz CT molecular complexity index is 2300. The lowest BCUT2D eigenvalue weighted by Gasteiger charge is -2.45. The van der Waals surface area contributed by atoms with E-state index in [2.05, 4.69) is 33.5 Å². The molecule has 0 aromatic carbocycles. The van der Waals surface area contributed by atoms with E-state index >= 15 is 0 Å². The molecule has 1 amide bonds. The van der Waals surface area contributed by atoms with Gasteiger partial charge in [-0.3, -0.25) is 41.2 Å². The van der Waals surface area contributed by atoms with Gasteiger partial charge in [0.05, 0.1) is 13.2 Å². The minimum atomic E-state index is -6.40. The molecule has 0 aliphatic carbocycles. The molecule has 0 aromatic heterocycles. The zero-order chi connectivity index (χ0) is 44.3. The molecule has 56 heavy (non-hydrogen) atoms. The summed E-state index contributed by atoms with van der Waals surface area (Å²) in [6, 6.07) is 0. The summed E-state index contributed by atoms with van der Waals surface area (Å²) in [6.45, 7) is -4.36. The van der Waals surface area contributed by atoms with Crippen molar-refractivity contribution >= 4 is 89.1 Å². The molecule has 36 nitrogen and oxygen atoms in total. The van der Waals surface area contributed by atoms with Crippen molar-refractivity contribution in [3.8, 4) is 0 Å². The summed E-state index contributed by atoms with van der Waals surface area (Å²) in [6.07, 6.45) is -31.7. The fraction of sp³-hybridized carbons (Fsp3) is 0.917. The quantitative estimate of drug-likeness (QED) is 0.0406. The van der Waals surface area contributed by atoms with Crippen molar-refractivity contribution in [3.05, 3.63) is 0 Å². The van der Waals surface area contributed by atoms with Crippen LogP contribution in [0.2, 0.25) is 0 Å². The lowest BCUT2D eigenvalue weighted by atomic mass is 9.98. The first-order valence-corrected chi connectivity index (χ1v) is 23.2. The number of rotatable bonds is 24. The summed E-state index contributed by atoms with van der Waals surface area (Å²) in [5.74, 6) is -2.45. The van der Waals surface area contributed by atoms with Gasteiger partial charge in [-0.25, -0.2) is 33.5 Å². The number of ether oxygens (including phenoxy) is 2. The van der Waals surface area contributed by atoms with Crippen LogP contribution in [0.5, 0.6) is 0 Å². The van der Waals surface area contributed by atoms with Gasteiger partial charge in [0.15, 0.2) is 18.5 Å². The first-order valence-electron chi connectivity index (χ1n) is 12.3. The van der Waals surface area contributed by atoms with Crippen LogP contribution < -0.4 is 5.73 Å². The minimum Gasteiger partial charge on any atom is -0.367 e. The Balaban J connectivity index is 4.51. The molecule has 0 saturated carbocycles. The molecule has 1 aliphatic heterocycles. The van der Waals surface area contributed by atoms with E-state index in [0.717, 1.165) is 0 Å². The molecule has 1 heterocycles. The van der Waals surface area contributed by atoms with E-state index in [9.17, 15) is 94.9 Å². The van der Waals surface area contributed by atoms with Crippen molar-refractivity contribution in [1.29, 1.82) is 0 Å². The molecule has 1 saturated heterocycles. The monoisotopic (exact) mass is 997 g/mol. The lowest BCUT2D eigenvalue weighted by Crippen LogP contribution is -2.65. The van der Waals surface area contributed by atoms with Gasteiger partial charge in [0.2, 0.25) is 0 Å². The Morgan fingerprint density at radius 3 is 1.30 bits per heavy atom. The van der Waals surface area contributed by atoms with E-state index < -0.39 is 157 Å². The Hall–Kier alpha value is -1.65. The smallest absolute Gasteiger partial charge is 0.367 e. The molecule has 0 aromatic rings. The summed E-state index contributed by atoms with van der Waals surface area (Å²) in [5.41, 5.74) is 4.88. The van der Waals surface area contributed by atoms with E-state index in [1.54, 1.807) is 0 Å². The van der Waals surface area contributed by atoms with E-state index in [0.29, 0.717) is 0 Å². The van der Waals surface area contributed by atoms with Gasteiger partial charge < -0.3 is 15.2 Å². The van der Waals surface area contributed by atoms with Gasteiger partial charge >= 0.3 is 83.2 Å². The Morgan fingerprint density at radius 1 is 0.518 bits per heavy atom. The van der Waals surface area contributed by atoms with Crippen molar-refractivity contribution < 1.29 is 151 Å². The summed E-state index contributed by atoms with van der Waals surface area (Å²) in [5, 5.41) is 0. The van der Waals surface area contributed by atoms with E-state index in [-0.39, 0.29) is 0 Å². The molecule has 1 fully saturated rings. The van der Waals surface area contributed by atoms with Crippen molar-refractivity contribution in [2.75, 3.05) is 13.2 Å². The highest BCUT2D eigenvalue weighted by molar-refractivity contribution is 7.82. The minimum absolute atomic E-state index is 2.04. The molecular weight excluding hydrogens is 975 g/mol. The fourth-order valence-corrected chi connectivity index (χ4v) is 7.40. The molecule has 0 spiro atoms. The second-order valence-electron chi connectivity index (χ2n) is 9.43. The first-order chi connectivity index (χ1) is 24.5. The van der Waals surface area contributed by atoms with Gasteiger partial charge in [-0.1, -0.05) is 0 Å². The van der Waals surface area contributed by atoms with Crippen LogP contribution >= 0.6 is 0 Å². The number of hydrogen-bond acceptors (Lipinski definition) is 27. The molecule has 0 unspecified atom stereocenters. The molecule has 0 radical (unpaired) electrons. The summed E-state index contributed by atoms with van der Waals surface area (Å²) >= 11 is 0. The SMILES string of the molecule is NC(=O)[C@H](OS(=O)(=O)O)[C@@H](OS(=O)(=O)O)[C@H](O[C@@H]1O[C@H](COS(=O)(=O)O)[C@H](OS(=O)(=O)O)[C@H](OS(=O)(=O)O)[C@H]1OS(=O)(=O)O)[C@@H](COS(=O)(=O)O)OS(=O)(=O)O. The number of hydrogen-bond donors (Lipinski definition) is 9. The Morgan fingerprint density at radius 2 is 0.929 bits per heavy atom. The number of nitrogens with two attached hydrogens (primary N) is 1. The van der Waals surface area contributed by atoms with E-state index in [1.165, 1.54) is 0 Å². The standard InChI is InChI=1S/C12H23NO35S8/c13-11(14)9(47-55(33,34)35)7(45-53(27,28)29)5(4(43-51(21,22)23)2-40-50(18,19)20)42-12-10(48-56(36,37)38)8(46-54(30,31)32)6(44-52(24,25)26)3(41-12)1-39-49(15,16)17/h3-10,12H,1-2H2,(H2,13,14)(H,15,16,17)(H,18,19,20)(H,21,22,23)(H,24,25,26)(H,27,28,29)(H,30,31,32)(H,33,34,35)(H,36,37,38)/t3-,4-,5-,6+,7+,8+,9-,10-,12+/m1/s1. The zero-order valence-corrected chi connectivity index (χ0v) is 32.1. The third-order valence-corrected chi connectivity index (χ3v) is 8.99. The number of carbonyl (C=O) groups is 1. The average molecular weight is 998 g/mol. The summed E-state index contributed by atoms with van der Waals surface area (Å²) in [4.78, 5) is 12.3. The summed E-state index contributed by atoms with van der Waals surface area (Å²) in [7, 11) is -49.3. The van der Waals surface area contributed by atoms with Gasteiger partial charge in [-0.2, -0.15) is 67.3 Å². The lowest BCUT2D eigenvalue weighted by molar-refractivity contribution is -0.312. The molecule has 44 heteroatoms. The predicted molar refractivity (Wildman–Crippen MR) is 156 cm³/mol. The zero-order valence-electron chi connectivity index (χ0n) is 25.6. The predicted octanol–water partition coefficient (Wildman–Crippen LogP) is -7.65. The third-order valence-electron chi connectivity index (χ3n) is 5.32. The second-order valence-corrected chi connectivity index (χ2v) is 17.9.